The molecule has 1 aromatic rings. The Balaban J connectivity index is 1.47. The molecule has 1 amide bonds. The smallest absolute Gasteiger partial charge is 0.243 e. The van der Waals surface area contributed by atoms with Crippen molar-refractivity contribution in [1.82, 2.24) is 5.43 Å². The van der Waals surface area contributed by atoms with E-state index >= 15 is 0 Å². The van der Waals surface area contributed by atoms with Gasteiger partial charge in [0.05, 0.1) is 0 Å². The Morgan fingerprint density at radius 2 is 2.10 bits per heavy atom. The molecule has 0 aliphatic heterocycles. The summed E-state index contributed by atoms with van der Waals surface area (Å²) < 4.78 is 0. The van der Waals surface area contributed by atoms with Crippen LogP contribution in [-0.4, -0.2) is 12.1 Å². The van der Waals surface area contributed by atoms with E-state index in [-0.39, 0.29) is 11.8 Å². The molecule has 20 heavy (non-hydrogen) atoms. The van der Waals surface area contributed by atoms with Crippen LogP contribution in [0.4, 0.5) is 0 Å². The fraction of sp³-hybridized carbons (Fsp3) is 0.412. The summed E-state index contributed by atoms with van der Waals surface area (Å²) in [4.78, 5) is 12.0. The minimum atomic E-state index is 0.0569. The number of hydrazone groups is 1. The molecule has 3 nitrogen and oxygen atoms in total. The van der Waals surface area contributed by atoms with E-state index in [1.54, 1.807) is 0 Å². The van der Waals surface area contributed by atoms with Crippen LogP contribution in [0.1, 0.15) is 37.2 Å². The predicted molar refractivity (Wildman–Crippen MR) is 80.4 cm³/mol. The zero-order chi connectivity index (χ0) is 13.8. The van der Waals surface area contributed by atoms with E-state index in [1.165, 1.54) is 5.56 Å². The zero-order valence-corrected chi connectivity index (χ0v) is 11.5. The monoisotopic (exact) mass is 268 g/mol. The maximum absolute atomic E-state index is 12.0. The summed E-state index contributed by atoms with van der Waals surface area (Å²) >= 11 is 0. The van der Waals surface area contributed by atoms with E-state index in [0.717, 1.165) is 25.7 Å². The topological polar surface area (TPSA) is 41.5 Å². The van der Waals surface area contributed by atoms with E-state index < -0.39 is 0 Å². The van der Waals surface area contributed by atoms with Gasteiger partial charge in [-0.3, -0.25) is 4.79 Å². The number of carbonyl (C=O) groups excluding carboxylic acids is 1. The molecule has 3 rings (SSSR count). The molecule has 2 aliphatic carbocycles. The van der Waals surface area contributed by atoms with Gasteiger partial charge in [0.1, 0.15) is 0 Å². The van der Waals surface area contributed by atoms with Gasteiger partial charge in [0, 0.05) is 12.1 Å². The molecule has 3 heteroatoms. The average Bonchev–Trinajstić information content (AvgIpc) is 3.30. The Hall–Kier alpha value is -1.90. The molecular formula is C17H20N2O. The molecule has 3 atom stereocenters. The molecule has 0 spiro atoms. The second kappa shape index (κ2) is 6.04. The number of nitrogens with one attached hydrogen (secondary N) is 1. The van der Waals surface area contributed by atoms with Crippen LogP contribution in [0.15, 0.2) is 47.6 Å². The second-order valence-corrected chi connectivity index (χ2v) is 5.66. The summed E-state index contributed by atoms with van der Waals surface area (Å²) in [5.74, 6) is 1.01. The molecule has 0 radical (unpaired) electrons. The van der Waals surface area contributed by atoms with Crippen LogP contribution in [-0.2, 0) is 4.79 Å². The first-order valence-corrected chi connectivity index (χ1v) is 7.37. The lowest BCUT2D eigenvalue weighted by Crippen LogP contribution is -2.21. The first kappa shape index (κ1) is 13.1. The van der Waals surface area contributed by atoms with Crippen molar-refractivity contribution >= 4 is 12.1 Å². The van der Waals surface area contributed by atoms with Gasteiger partial charge in [-0.2, -0.15) is 5.10 Å². The van der Waals surface area contributed by atoms with Crippen LogP contribution < -0.4 is 5.43 Å². The van der Waals surface area contributed by atoms with E-state index in [1.807, 2.05) is 24.4 Å². The van der Waals surface area contributed by atoms with Gasteiger partial charge >= 0.3 is 0 Å². The molecule has 0 heterocycles. The Bertz CT molecular complexity index is 521. The van der Waals surface area contributed by atoms with Crippen molar-refractivity contribution in [3.63, 3.8) is 0 Å². The van der Waals surface area contributed by atoms with Gasteiger partial charge in [-0.1, -0.05) is 42.5 Å². The average molecular weight is 268 g/mol. The Kier molecular flexibility index (Phi) is 3.95. The highest BCUT2D eigenvalue weighted by molar-refractivity contribution is 5.83. The minimum Gasteiger partial charge on any atom is -0.273 e. The minimum absolute atomic E-state index is 0.0569. The van der Waals surface area contributed by atoms with Gasteiger partial charge in [0.25, 0.3) is 0 Å². The van der Waals surface area contributed by atoms with Crippen molar-refractivity contribution in [2.75, 3.05) is 0 Å². The number of benzene rings is 1. The summed E-state index contributed by atoms with van der Waals surface area (Å²) in [6.45, 7) is 0. The molecule has 0 saturated heterocycles. The lowest BCUT2D eigenvalue weighted by Gasteiger charge is -2.11. The van der Waals surface area contributed by atoms with Crippen LogP contribution >= 0.6 is 0 Å². The van der Waals surface area contributed by atoms with Crippen LogP contribution in [0.25, 0.3) is 0 Å². The van der Waals surface area contributed by atoms with Crippen molar-refractivity contribution in [2.24, 2.45) is 16.9 Å². The maximum Gasteiger partial charge on any atom is 0.243 e. The number of hydrogen-bond donors (Lipinski definition) is 1. The Morgan fingerprint density at radius 1 is 1.25 bits per heavy atom. The molecule has 1 N–H and O–H groups in total. The van der Waals surface area contributed by atoms with Gasteiger partial charge in [-0.25, -0.2) is 5.43 Å². The summed E-state index contributed by atoms with van der Waals surface area (Å²) in [6, 6.07) is 10.2. The summed E-state index contributed by atoms with van der Waals surface area (Å²) in [5, 5.41) is 4.13. The standard InChI is InChI=1S/C17H20N2O/c20-17(19-18-12-13-7-3-1-4-8-13)16-11-15(16)14-9-5-2-6-10-14/h1-3,5-6,9-10,12-13,15-16H,4,7-8,11H2,(H,19,20). The van der Waals surface area contributed by atoms with Gasteiger partial charge in [-0.05, 0) is 43.1 Å². The molecule has 1 saturated carbocycles. The van der Waals surface area contributed by atoms with Crippen molar-refractivity contribution in [2.45, 2.75) is 31.6 Å². The molecule has 3 unspecified atom stereocenters. The van der Waals surface area contributed by atoms with E-state index in [4.69, 9.17) is 0 Å². The SMILES string of the molecule is O=C(NN=CC1CC=CCC1)C1CC1c1ccccc1. The first-order chi connectivity index (χ1) is 9.84. The molecule has 0 aromatic heterocycles. The lowest BCUT2D eigenvalue weighted by molar-refractivity contribution is -0.122. The molecule has 1 aromatic carbocycles. The molecule has 1 fully saturated rings. The highest BCUT2D eigenvalue weighted by Crippen LogP contribution is 2.47. The summed E-state index contributed by atoms with van der Waals surface area (Å²) in [5.41, 5.74) is 3.96. The number of carbonyl (C=O) groups is 1. The third kappa shape index (κ3) is 3.16. The van der Waals surface area contributed by atoms with Gasteiger partial charge in [-0.15, -0.1) is 0 Å². The number of rotatable bonds is 4. The molecular weight excluding hydrogens is 248 g/mol. The van der Waals surface area contributed by atoms with Crippen LogP contribution in [0, 0.1) is 11.8 Å². The fourth-order valence-corrected chi connectivity index (χ4v) is 2.80. The molecule has 2 aliphatic rings. The zero-order valence-electron chi connectivity index (χ0n) is 11.5. The first-order valence-electron chi connectivity index (χ1n) is 7.37. The highest BCUT2D eigenvalue weighted by Gasteiger charge is 2.43. The van der Waals surface area contributed by atoms with Crippen LogP contribution in [0.2, 0.25) is 0 Å². The summed E-state index contributed by atoms with van der Waals surface area (Å²) in [6.07, 6.45) is 10.5. The largest absolute Gasteiger partial charge is 0.273 e. The van der Waals surface area contributed by atoms with Crippen molar-refractivity contribution in [1.29, 1.82) is 0 Å². The van der Waals surface area contributed by atoms with Gasteiger partial charge in [0.2, 0.25) is 5.91 Å². The Labute approximate surface area is 119 Å². The third-order valence-corrected chi connectivity index (χ3v) is 4.12. The van der Waals surface area contributed by atoms with Crippen LogP contribution in [0.5, 0.6) is 0 Å². The molecule has 0 bridgehead atoms. The van der Waals surface area contributed by atoms with Crippen molar-refractivity contribution < 1.29 is 4.79 Å². The van der Waals surface area contributed by atoms with Crippen LogP contribution in [0.3, 0.4) is 0 Å². The normalized spacial score (nSPS) is 28.5. The Morgan fingerprint density at radius 3 is 2.85 bits per heavy atom. The number of nitrogens with zero attached hydrogens (tertiary/aromatic N) is 1. The van der Waals surface area contributed by atoms with E-state index in [0.29, 0.717) is 11.8 Å². The second-order valence-electron chi connectivity index (χ2n) is 5.66. The van der Waals surface area contributed by atoms with Crippen molar-refractivity contribution in [3.05, 3.63) is 48.0 Å². The molecule has 104 valence electrons. The van der Waals surface area contributed by atoms with Gasteiger partial charge in [0.15, 0.2) is 0 Å². The van der Waals surface area contributed by atoms with Crippen molar-refractivity contribution in [3.8, 4) is 0 Å². The number of allylic oxidation sites excluding steroid dienone is 2. The quantitative estimate of drug-likeness (QED) is 0.508. The van der Waals surface area contributed by atoms with Gasteiger partial charge < -0.3 is 0 Å². The highest BCUT2D eigenvalue weighted by atomic mass is 16.2. The maximum atomic E-state index is 12.0. The van der Waals surface area contributed by atoms with E-state index in [2.05, 4.69) is 34.8 Å². The summed E-state index contributed by atoms with van der Waals surface area (Å²) in [7, 11) is 0. The lowest BCUT2D eigenvalue weighted by atomic mass is 9.96. The number of hydrogen-bond acceptors (Lipinski definition) is 2. The fourth-order valence-electron chi connectivity index (χ4n) is 2.80. The third-order valence-electron chi connectivity index (χ3n) is 4.12. The predicted octanol–water partition coefficient (Wildman–Crippen LogP) is 3.25. The van der Waals surface area contributed by atoms with E-state index in [9.17, 15) is 4.79 Å². The number of amides is 1.